The van der Waals surface area contributed by atoms with Crippen LogP contribution >= 0.6 is 0 Å². The summed E-state index contributed by atoms with van der Waals surface area (Å²) in [4.78, 5) is 4.51. The van der Waals surface area contributed by atoms with E-state index in [0.29, 0.717) is 6.54 Å². The molecule has 4 heteroatoms. The van der Waals surface area contributed by atoms with Gasteiger partial charge in [0, 0.05) is 25.6 Å². The molecule has 0 radical (unpaired) electrons. The minimum Gasteiger partial charge on any atom is -0.493 e. The van der Waals surface area contributed by atoms with E-state index in [1.807, 2.05) is 20.0 Å². The molecule has 4 nitrogen and oxygen atoms in total. The van der Waals surface area contributed by atoms with Crippen LogP contribution in [0.1, 0.15) is 17.1 Å². The van der Waals surface area contributed by atoms with E-state index in [1.54, 1.807) is 0 Å². The van der Waals surface area contributed by atoms with Crippen LogP contribution in [0.15, 0.2) is 18.2 Å². The molecule has 0 atom stereocenters. The van der Waals surface area contributed by atoms with Crippen LogP contribution in [0.4, 0.5) is 0 Å². The Morgan fingerprint density at radius 2 is 2.28 bits per heavy atom. The number of imidazole rings is 1. The van der Waals surface area contributed by atoms with Gasteiger partial charge in [-0.3, -0.25) is 0 Å². The van der Waals surface area contributed by atoms with Gasteiger partial charge < -0.3 is 15.0 Å². The average molecular weight is 243 g/mol. The quantitative estimate of drug-likeness (QED) is 0.875. The number of rotatable bonds is 2. The predicted octanol–water partition coefficient (Wildman–Crippen LogP) is 1.79. The fourth-order valence-electron chi connectivity index (χ4n) is 2.52. The van der Waals surface area contributed by atoms with E-state index in [9.17, 15) is 0 Å². The lowest BCUT2D eigenvalue weighted by atomic mass is 10.0. The van der Waals surface area contributed by atoms with Crippen molar-refractivity contribution in [1.82, 2.24) is 9.55 Å². The van der Waals surface area contributed by atoms with Crippen LogP contribution in [-0.4, -0.2) is 16.2 Å². The van der Waals surface area contributed by atoms with Gasteiger partial charge in [-0.2, -0.15) is 0 Å². The van der Waals surface area contributed by atoms with E-state index in [-0.39, 0.29) is 0 Å². The number of nitrogens with zero attached hydrogens (tertiary/aromatic N) is 2. The van der Waals surface area contributed by atoms with Crippen LogP contribution in [0, 0.1) is 6.92 Å². The number of aromatic nitrogens is 2. The van der Waals surface area contributed by atoms with E-state index in [2.05, 4.69) is 21.7 Å². The molecule has 0 spiro atoms. The first-order chi connectivity index (χ1) is 8.70. The molecule has 94 valence electrons. The molecular weight excluding hydrogens is 226 g/mol. The lowest BCUT2D eigenvalue weighted by molar-refractivity contribution is 0.357. The van der Waals surface area contributed by atoms with E-state index >= 15 is 0 Å². The molecule has 0 aliphatic carbocycles. The third-order valence-corrected chi connectivity index (χ3v) is 3.55. The number of benzene rings is 1. The van der Waals surface area contributed by atoms with Crippen molar-refractivity contribution in [2.24, 2.45) is 12.8 Å². The monoisotopic (exact) mass is 243 g/mol. The Kier molecular flexibility index (Phi) is 2.59. The third-order valence-electron chi connectivity index (χ3n) is 3.55. The minimum absolute atomic E-state index is 0.463. The highest BCUT2D eigenvalue weighted by molar-refractivity contribution is 5.66. The zero-order chi connectivity index (χ0) is 12.7. The molecule has 0 fully saturated rings. The minimum atomic E-state index is 0.463. The third kappa shape index (κ3) is 1.61. The normalized spacial score (nSPS) is 13.5. The molecule has 2 heterocycles. The molecule has 3 rings (SSSR count). The second kappa shape index (κ2) is 4.14. The van der Waals surface area contributed by atoms with Gasteiger partial charge in [0.05, 0.1) is 18.0 Å². The average Bonchev–Trinajstić information content (AvgIpc) is 2.94. The lowest BCUT2D eigenvalue weighted by Gasteiger charge is -2.08. The summed E-state index contributed by atoms with van der Waals surface area (Å²) in [5.74, 6) is 1.99. The van der Waals surface area contributed by atoms with Gasteiger partial charge in [0.25, 0.3) is 0 Å². The van der Waals surface area contributed by atoms with E-state index in [4.69, 9.17) is 10.5 Å². The maximum atomic E-state index is 5.78. The number of fused-ring (bicyclic) bond motifs is 1. The van der Waals surface area contributed by atoms with Gasteiger partial charge in [-0.05, 0) is 30.7 Å². The lowest BCUT2D eigenvalue weighted by Crippen LogP contribution is -2.01. The predicted molar refractivity (Wildman–Crippen MR) is 70.5 cm³/mol. The van der Waals surface area contributed by atoms with Crippen molar-refractivity contribution in [3.63, 3.8) is 0 Å². The standard InChI is InChI=1S/C14H17N3O/c1-9-16-12(8-15)14(17(9)2)11-3-4-13-10(7-11)5-6-18-13/h3-4,7H,5-6,8,15H2,1-2H3. The van der Waals surface area contributed by atoms with Crippen LogP contribution in [-0.2, 0) is 20.0 Å². The molecule has 2 N–H and O–H groups in total. The van der Waals surface area contributed by atoms with Gasteiger partial charge in [0.1, 0.15) is 11.6 Å². The van der Waals surface area contributed by atoms with Gasteiger partial charge in [0.15, 0.2) is 0 Å². The van der Waals surface area contributed by atoms with Gasteiger partial charge in [-0.25, -0.2) is 4.98 Å². The Hall–Kier alpha value is -1.81. The molecule has 18 heavy (non-hydrogen) atoms. The van der Waals surface area contributed by atoms with E-state index < -0.39 is 0 Å². The van der Waals surface area contributed by atoms with Gasteiger partial charge in [-0.15, -0.1) is 0 Å². The highest BCUT2D eigenvalue weighted by atomic mass is 16.5. The van der Waals surface area contributed by atoms with Gasteiger partial charge >= 0.3 is 0 Å². The summed E-state index contributed by atoms with van der Waals surface area (Å²) in [7, 11) is 2.03. The summed E-state index contributed by atoms with van der Waals surface area (Å²) in [5, 5.41) is 0. The number of aryl methyl sites for hydroxylation is 1. The van der Waals surface area contributed by atoms with Crippen LogP contribution in [0.2, 0.25) is 0 Å². The number of hydrogen-bond donors (Lipinski definition) is 1. The maximum Gasteiger partial charge on any atom is 0.122 e. The van der Waals surface area contributed by atoms with Crippen LogP contribution in [0.3, 0.4) is 0 Å². The Bertz CT molecular complexity index is 601. The van der Waals surface area contributed by atoms with Crippen LogP contribution in [0.25, 0.3) is 11.3 Å². The molecule has 0 unspecified atom stereocenters. The summed E-state index contributed by atoms with van der Waals surface area (Å²) < 4.78 is 7.63. The second-order valence-corrected chi connectivity index (χ2v) is 4.64. The zero-order valence-corrected chi connectivity index (χ0v) is 10.7. The SMILES string of the molecule is Cc1nc(CN)c(-c2ccc3c(c2)CCO3)n1C. The molecule has 0 bridgehead atoms. The van der Waals surface area contributed by atoms with E-state index in [1.165, 1.54) is 11.1 Å². The summed E-state index contributed by atoms with van der Waals surface area (Å²) >= 11 is 0. The second-order valence-electron chi connectivity index (χ2n) is 4.64. The largest absolute Gasteiger partial charge is 0.493 e. The summed E-state index contributed by atoms with van der Waals surface area (Å²) in [6, 6.07) is 6.32. The van der Waals surface area contributed by atoms with Gasteiger partial charge in [0.2, 0.25) is 0 Å². The number of hydrogen-bond acceptors (Lipinski definition) is 3. The van der Waals surface area contributed by atoms with Crippen molar-refractivity contribution in [3.05, 3.63) is 35.3 Å². The Morgan fingerprint density at radius 3 is 3.06 bits per heavy atom. The van der Waals surface area contributed by atoms with Crippen molar-refractivity contribution in [2.75, 3.05) is 6.61 Å². The molecule has 0 saturated carbocycles. The van der Waals surface area contributed by atoms with Crippen molar-refractivity contribution < 1.29 is 4.74 Å². The Balaban J connectivity index is 2.15. The van der Waals surface area contributed by atoms with Crippen LogP contribution in [0.5, 0.6) is 5.75 Å². The molecule has 1 aromatic carbocycles. The zero-order valence-electron chi connectivity index (χ0n) is 10.7. The number of nitrogens with two attached hydrogens (primary N) is 1. The molecule has 1 aromatic heterocycles. The summed E-state index contributed by atoms with van der Waals surface area (Å²) in [6.45, 7) is 3.25. The molecule has 0 saturated heterocycles. The van der Waals surface area contributed by atoms with Crippen molar-refractivity contribution in [1.29, 1.82) is 0 Å². The molecule has 2 aromatic rings. The van der Waals surface area contributed by atoms with Gasteiger partial charge in [-0.1, -0.05) is 0 Å². The molecule has 1 aliphatic heterocycles. The smallest absolute Gasteiger partial charge is 0.122 e. The van der Waals surface area contributed by atoms with Crippen molar-refractivity contribution >= 4 is 0 Å². The highest BCUT2D eigenvalue weighted by Crippen LogP contribution is 2.32. The fraction of sp³-hybridized carbons (Fsp3) is 0.357. The van der Waals surface area contributed by atoms with Crippen molar-refractivity contribution in [3.8, 4) is 17.0 Å². The topological polar surface area (TPSA) is 53.1 Å². The molecular formula is C14H17N3O. The Labute approximate surface area is 106 Å². The molecule has 1 aliphatic rings. The van der Waals surface area contributed by atoms with Crippen LogP contribution < -0.4 is 10.5 Å². The first-order valence-electron chi connectivity index (χ1n) is 6.19. The summed E-state index contributed by atoms with van der Waals surface area (Å²) in [6.07, 6.45) is 0.984. The highest BCUT2D eigenvalue weighted by Gasteiger charge is 2.17. The fourth-order valence-corrected chi connectivity index (χ4v) is 2.52. The van der Waals surface area contributed by atoms with E-state index in [0.717, 1.165) is 36.0 Å². The van der Waals surface area contributed by atoms with Crippen molar-refractivity contribution in [2.45, 2.75) is 19.9 Å². The first-order valence-corrected chi connectivity index (χ1v) is 6.19. The Morgan fingerprint density at radius 1 is 1.44 bits per heavy atom. The first kappa shape index (κ1) is 11.3. The maximum absolute atomic E-state index is 5.78. The summed E-state index contributed by atoms with van der Waals surface area (Å²) in [5.41, 5.74) is 10.3. The number of ether oxygens (including phenoxy) is 1. The molecule has 0 amide bonds.